The number of para-hydroxylation sites is 1. The van der Waals surface area contributed by atoms with Crippen molar-refractivity contribution >= 4 is 29.1 Å². The summed E-state index contributed by atoms with van der Waals surface area (Å²) in [5, 5.41) is 11.6. The van der Waals surface area contributed by atoms with Gasteiger partial charge in [-0.1, -0.05) is 66.2 Å². The van der Waals surface area contributed by atoms with Gasteiger partial charge in [-0.2, -0.15) is 5.10 Å². The molecule has 3 heterocycles. The maximum absolute atomic E-state index is 14.0. The van der Waals surface area contributed by atoms with Gasteiger partial charge in [0.2, 0.25) is 0 Å². The lowest BCUT2D eigenvalue weighted by Crippen LogP contribution is -2.37. The zero-order chi connectivity index (χ0) is 28.7. The van der Waals surface area contributed by atoms with Gasteiger partial charge in [0, 0.05) is 40.7 Å². The van der Waals surface area contributed by atoms with Crippen LogP contribution in [0.2, 0.25) is 5.15 Å². The Hall–Kier alpha value is -4.49. The highest BCUT2D eigenvalue weighted by Gasteiger charge is 2.43. The Morgan fingerprint density at radius 3 is 2.39 bits per heavy atom. The molecule has 41 heavy (non-hydrogen) atoms. The third-order valence-electron chi connectivity index (χ3n) is 7.92. The number of allylic oxidation sites excluding steroid dienone is 3. The average Bonchev–Trinajstić information content (AvgIpc) is 3.27. The number of carbonyl (C=O) groups excluding carboxylic acids is 2. The van der Waals surface area contributed by atoms with Gasteiger partial charge in [-0.15, -0.1) is 0 Å². The first-order valence-corrected chi connectivity index (χ1v) is 14.0. The van der Waals surface area contributed by atoms with Crippen molar-refractivity contribution < 1.29 is 9.59 Å². The Kier molecular flexibility index (Phi) is 7.05. The van der Waals surface area contributed by atoms with Gasteiger partial charge in [0.15, 0.2) is 5.78 Å². The van der Waals surface area contributed by atoms with Crippen LogP contribution in [0.25, 0.3) is 5.69 Å². The number of benzene rings is 2. The summed E-state index contributed by atoms with van der Waals surface area (Å²) in [5.41, 5.74) is 6.56. The molecule has 4 aromatic rings. The molecule has 0 spiro atoms. The van der Waals surface area contributed by atoms with Crippen LogP contribution in [-0.4, -0.2) is 26.5 Å². The molecule has 0 fully saturated rings. The van der Waals surface area contributed by atoms with Gasteiger partial charge in [0.05, 0.1) is 17.3 Å². The third-order valence-corrected chi connectivity index (χ3v) is 8.29. The molecular weight excluding hydrogens is 534 g/mol. The van der Waals surface area contributed by atoms with Crippen molar-refractivity contribution in [3.63, 3.8) is 0 Å². The summed E-state index contributed by atoms with van der Waals surface area (Å²) in [6, 6.07) is 23.4. The number of hydrogen-bond donors (Lipinski definition) is 2. The first kappa shape index (κ1) is 26.7. The van der Waals surface area contributed by atoms with E-state index in [0.29, 0.717) is 51.9 Å². The van der Waals surface area contributed by atoms with Gasteiger partial charge in [-0.05, 0) is 62.4 Å². The monoisotopic (exact) mass is 563 g/mol. The van der Waals surface area contributed by atoms with Gasteiger partial charge in [0.1, 0.15) is 11.0 Å². The summed E-state index contributed by atoms with van der Waals surface area (Å²) in [6.07, 6.45) is 2.63. The first-order valence-electron chi connectivity index (χ1n) is 13.7. The zero-order valence-corrected chi connectivity index (χ0v) is 23.9. The van der Waals surface area contributed by atoms with Crippen LogP contribution in [0.4, 0.5) is 5.82 Å². The molecule has 1 amide bonds. The Bertz CT molecular complexity index is 1720. The van der Waals surface area contributed by atoms with E-state index in [1.807, 2.05) is 81.4 Å². The highest BCUT2D eigenvalue weighted by Crippen LogP contribution is 2.48. The Balaban J connectivity index is 1.49. The lowest BCUT2D eigenvalue weighted by atomic mass is 9.71. The maximum atomic E-state index is 14.0. The second-order valence-corrected chi connectivity index (χ2v) is 10.9. The lowest BCUT2D eigenvalue weighted by Gasteiger charge is -2.37. The minimum absolute atomic E-state index is 0.00709. The van der Waals surface area contributed by atoms with Crippen LogP contribution in [-0.2, 0) is 9.59 Å². The van der Waals surface area contributed by atoms with Crippen LogP contribution in [0.1, 0.15) is 54.0 Å². The molecule has 2 aromatic carbocycles. The van der Waals surface area contributed by atoms with Crippen LogP contribution in [0.15, 0.2) is 102 Å². The van der Waals surface area contributed by atoms with Crippen LogP contribution in [0.5, 0.6) is 0 Å². The number of nitrogens with zero attached hydrogens (tertiary/aromatic N) is 3. The average molecular weight is 564 g/mol. The van der Waals surface area contributed by atoms with Crippen LogP contribution in [0.3, 0.4) is 0 Å². The number of hydrogen-bond acceptors (Lipinski definition) is 5. The number of nitrogens with one attached hydrogen (secondary N) is 2. The number of ketones is 1. The molecule has 0 saturated heterocycles. The molecule has 0 radical (unpaired) electrons. The fraction of sp³-hybridized carbons (Fsp3) is 0.212. The number of anilines is 1. The first-order chi connectivity index (χ1) is 19.8. The molecule has 8 heteroatoms. The van der Waals surface area contributed by atoms with E-state index < -0.39 is 5.92 Å². The van der Waals surface area contributed by atoms with E-state index in [4.69, 9.17) is 16.7 Å². The van der Waals surface area contributed by atoms with Crippen molar-refractivity contribution in [1.29, 1.82) is 0 Å². The summed E-state index contributed by atoms with van der Waals surface area (Å²) in [4.78, 5) is 32.4. The van der Waals surface area contributed by atoms with E-state index in [1.165, 1.54) is 0 Å². The summed E-state index contributed by atoms with van der Waals surface area (Å²) >= 11 is 7.08. The minimum Gasteiger partial charge on any atom is -0.362 e. The molecular formula is C33H30ClN5O2. The zero-order valence-electron chi connectivity index (χ0n) is 23.1. The summed E-state index contributed by atoms with van der Waals surface area (Å²) in [5.74, 6) is -0.525. The number of rotatable bonds is 5. The molecule has 1 aliphatic heterocycles. The summed E-state index contributed by atoms with van der Waals surface area (Å²) < 4.78 is 1.67. The smallest absolute Gasteiger partial charge is 0.255 e. The second kappa shape index (κ2) is 10.8. The Morgan fingerprint density at radius 1 is 0.976 bits per heavy atom. The van der Waals surface area contributed by atoms with Gasteiger partial charge < -0.3 is 10.6 Å². The Morgan fingerprint density at radius 2 is 1.68 bits per heavy atom. The van der Waals surface area contributed by atoms with Crippen LogP contribution < -0.4 is 10.6 Å². The van der Waals surface area contributed by atoms with Crippen molar-refractivity contribution in [3.8, 4) is 5.69 Å². The molecule has 2 atom stereocenters. The molecule has 206 valence electrons. The van der Waals surface area contributed by atoms with Gasteiger partial charge in [-0.3, -0.25) is 9.59 Å². The van der Waals surface area contributed by atoms with E-state index in [2.05, 4.69) is 27.8 Å². The molecule has 2 aliphatic rings. The van der Waals surface area contributed by atoms with Gasteiger partial charge in [-0.25, -0.2) is 9.67 Å². The normalized spacial score (nSPS) is 18.7. The number of halogens is 1. The predicted molar refractivity (Wildman–Crippen MR) is 160 cm³/mol. The van der Waals surface area contributed by atoms with Crippen molar-refractivity contribution in [2.75, 3.05) is 5.32 Å². The van der Waals surface area contributed by atoms with Crippen molar-refractivity contribution in [3.05, 3.63) is 129 Å². The molecule has 6 rings (SSSR count). The van der Waals surface area contributed by atoms with Crippen molar-refractivity contribution in [1.82, 2.24) is 20.1 Å². The van der Waals surface area contributed by atoms with E-state index in [9.17, 15) is 9.59 Å². The number of carbonyl (C=O) groups is 2. The molecule has 1 aliphatic carbocycles. The largest absolute Gasteiger partial charge is 0.362 e. The number of aryl methyl sites for hydroxylation is 2. The van der Waals surface area contributed by atoms with E-state index in [1.54, 1.807) is 10.9 Å². The number of pyridine rings is 1. The van der Waals surface area contributed by atoms with E-state index >= 15 is 0 Å². The van der Waals surface area contributed by atoms with Crippen LogP contribution in [0, 0.1) is 13.8 Å². The molecule has 7 nitrogen and oxygen atoms in total. The fourth-order valence-corrected chi connectivity index (χ4v) is 6.34. The summed E-state index contributed by atoms with van der Waals surface area (Å²) in [6.45, 7) is 5.63. The minimum atomic E-state index is -0.690. The highest BCUT2D eigenvalue weighted by atomic mass is 35.5. The molecule has 2 N–H and O–H groups in total. The number of aromatic nitrogens is 3. The number of Topliss-reactive ketones (excluding diaryl/α,β-unsaturated/α-hetero) is 1. The number of dihydropyridines is 1. The lowest BCUT2D eigenvalue weighted by molar-refractivity contribution is -0.116. The molecule has 0 unspecified atom stereocenters. The van der Waals surface area contributed by atoms with Crippen molar-refractivity contribution in [2.24, 2.45) is 0 Å². The molecule has 2 aromatic heterocycles. The topological polar surface area (TPSA) is 88.9 Å². The Labute approximate surface area is 244 Å². The quantitative estimate of drug-likeness (QED) is 0.288. The second-order valence-electron chi connectivity index (χ2n) is 10.6. The van der Waals surface area contributed by atoms with Gasteiger partial charge in [0.25, 0.3) is 5.91 Å². The molecule has 0 saturated carbocycles. The standard InChI is InChI=1S/C33H30ClN5O2/c1-19-11-10-16-35-32(19)37-33(41)28-20(2)36-25-17-23(22-12-6-4-7-13-22)18-26(40)29(25)30(28)27-21(3)38-39(31(27)34)24-14-8-5-9-15-24/h4-16,23,30,36H,17-18H2,1-3H3,(H,35,37,41)/t23-,30+/m0/s1. The predicted octanol–water partition coefficient (Wildman–Crippen LogP) is 6.54. The van der Waals surface area contributed by atoms with E-state index in [-0.39, 0.29) is 17.6 Å². The third kappa shape index (κ3) is 4.87. The van der Waals surface area contributed by atoms with Crippen LogP contribution >= 0.6 is 11.6 Å². The van der Waals surface area contributed by atoms with Gasteiger partial charge >= 0.3 is 0 Å². The number of amides is 1. The fourth-order valence-electron chi connectivity index (χ4n) is 5.96. The maximum Gasteiger partial charge on any atom is 0.255 e. The van der Waals surface area contributed by atoms with E-state index in [0.717, 1.165) is 22.5 Å². The summed E-state index contributed by atoms with van der Waals surface area (Å²) in [7, 11) is 0. The molecule has 0 bridgehead atoms. The van der Waals surface area contributed by atoms with Crippen molar-refractivity contribution in [2.45, 2.75) is 45.4 Å². The SMILES string of the molecule is CC1=C(C(=O)Nc2ncccc2C)[C@@H](c2c(C)nn(-c3ccccc3)c2Cl)C2=C(C[C@H](c3ccccc3)CC2=O)N1. The highest BCUT2D eigenvalue weighted by molar-refractivity contribution is 6.31.